The normalized spacial score (nSPS) is 21.3. The second-order valence-corrected chi connectivity index (χ2v) is 5.94. The maximum atomic E-state index is 12.3. The molecule has 1 amide bonds. The van der Waals surface area contributed by atoms with E-state index in [0.29, 0.717) is 11.5 Å². The number of amides is 1. The van der Waals surface area contributed by atoms with E-state index in [1.807, 2.05) is 6.07 Å². The van der Waals surface area contributed by atoms with Gasteiger partial charge in [0.25, 0.3) is 5.91 Å². The molecule has 0 saturated heterocycles. The zero-order chi connectivity index (χ0) is 16.8. The van der Waals surface area contributed by atoms with Crippen LogP contribution in [0.1, 0.15) is 48.5 Å². The Morgan fingerprint density at radius 2 is 1.91 bits per heavy atom. The van der Waals surface area contributed by atoms with Gasteiger partial charge in [0.1, 0.15) is 11.6 Å². The van der Waals surface area contributed by atoms with Crippen LogP contribution >= 0.6 is 0 Å². The number of carboxylic acid groups (broad SMARTS) is 1. The predicted molar refractivity (Wildman–Crippen MR) is 86.6 cm³/mol. The number of hydrogen-bond donors (Lipinski definition) is 2. The molecule has 0 radical (unpaired) electrons. The van der Waals surface area contributed by atoms with Gasteiger partial charge in [0.05, 0.1) is 5.56 Å². The Morgan fingerprint density at radius 1 is 1.26 bits per heavy atom. The van der Waals surface area contributed by atoms with Gasteiger partial charge in [-0.2, -0.15) is 5.26 Å². The first-order valence-electron chi connectivity index (χ1n) is 7.77. The van der Waals surface area contributed by atoms with Crippen LogP contribution in [-0.4, -0.2) is 23.0 Å². The van der Waals surface area contributed by atoms with Crippen molar-refractivity contribution in [1.29, 1.82) is 5.26 Å². The number of aromatic carboxylic acids is 1. The highest BCUT2D eigenvalue weighted by Crippen LogP contribution is 2.24. The van der Waals surface area contributed by atoms with Gasteiger partial charge in [0.2, 0.25) is 0 Å². The summed E-state index contributed by atoms with van der Waals surface area (Å²) in [5, 5.41) is 21.0. The minimum absolute atomic E-state index is 0.0332. The number of nitrogens with one attached hydrogen (secondary N) is 1. The fraction of sp³-hybridized carbons (Fsp3) is 0.389. The number of carbonyl (C=O) groups is 2. The van der Waals surface area contributed by atoms with E-state index >= 15 is 0 Å². The highest BCUT2D eigenvalue weighted by Gasteiger charge is 2.24. The van der Waals surface area contributed by atoms with Crippen LogP contribution in [0.4, 0.5) is 0 Å². The molecule has 1 aromatic rings. The molecule has 120 valence electrons. The summed E-state index contributed by atoms with van der Waals surface area (Å²) in [6, 6.07) is 8.10. The predicted octanol–water partition coefficient (Wildman–Crippen LogP) is 2.99. The van der Waals surface area contributed by atoms with E-state index in [1.165, 1.54) is 24.6 Å². The molecule has 2 unspecified atom stereocenters. The summed E-state index contributed by atoms with van der Waals surface area (Å²) in [6.07, 6.45) is 5.79. The van der Waals surface area contributed by atoms with Crippen molar-refractivity contribution in [1.82, 2.24) is 5.32 Å². The second-order valence-electron chi connectivity index (χ2n) is 5.94. The minimum atomic E-state index is -1.01. The first-order valence-corrected chi connectivity index (χ1v) is 7.77. The lowest BCUT2D eigenvalue weighted by Gasteiger charge is -2.29. The standard InChI is InChI=1S/C18H20N2O3/c1-12-4-2-3-5-16(12)20-17(21)15(11-19)10-13-6-8-14(9-7-13)18(22)23/h6-10,12,16H,2-5H2,1H3,(H,20,21)(H,22,23)/b15-10+. The molecule has 1 fully saturated rings. The molecule has 2 N–H and O–H groups in total. The fourth-order valence-corrected chi connectivity index (χ4v) is 2.81. The summed E-state index contributed by atoms with van der Waals surface area (Å²) in [5.74, 6) is -0.957. The Balaban J connectivity index is 2.10. The van der Waals surface area contributed by atoms with Crippen LogP contribution in [0.5, 0.6) is 0 Å². The van der Waals surface area contributed by atoms with Gasteiger partial charge < -0.3 is 10.4 Å². The number of carboxylic acids is 1. The largest absolute Gasteiger partial charge is 0.478 e. The highest BCUT2D eigenvalue weighted by atomic mass is 16.4. The topological polar surface area (TPSA) is 90.2 Å². The van der Waals surface area contributed by atoms with Gasteiger partial charge in [0.15, 0.2) is 0 Å². The summed E-state index contributed by atoms with van der Waals surface area (Å²) in [5.41, 5.74) is 0.824. The molecular formula is C18H20N2O3. The second kappa shape index (κ2) is 7.59. The van der Waals surface area contributed by atoms with Crippen LogP contribution in [-0.2, 0) is 4.79 Å². The van der Waals surface area contributed by atoms with E-state index in [0.717, 1.165) is 19.3 Å². The van der Waals surface area contributed by atoms with Gasteiger partial charge >= 0.3 is 5.97 Å². The summed E-state index contributed by atoms with van der Waals surface area (Å²) < 4.78 is 0. The van der Waals surface area contributed by atoms with E-state index in [1.54, 1.807) is 12.1 Å². The summed E-state index contributed by atoms with van der Waals surface area (Å²) in [7, 11) is 0. The number of rotatable bonds is 4. The first kappa shape index (κ1) is 16.8. The third-order valence-electron chi connectivity index (χ3n) is 4.26. The summed E-state index contributed by atoms with van der Waals surface area (Å²) >= 11 is 0. The van der Waals surface area contributed by atoms with Crippen LogP contribution in [0.25, 0.3) is 6.08 Å². The molecule has 0 aliphatic heterocycles. The number of benzene rings is 1. The molecule has 0 bridgehead atoms. The van der Waals surface area contributed by atoms with Crippen LogP contribution in [0.2, 0.25) is 0 Å². The Kier molecular flexibility index (Phi) is 5.53. The molecule has 2 rings (SSSR count). The van der Waals surface area contributed by atoms with Crippen LogP contribution < -0.4 is 5.32 Å². The zero-order valence-electron chi connectivity index (χ0n) is 13.1. The van der Waals surface area contributed by atoms with Crippen molar-refractivity contribution in [2.24, 2.45) is 5.92 Å². The van der Waals surface area contributed by atoms with Crippen molar-refractivity contribution in [2.75, 3.05) is 0 Å². The van der Waals surface area contributed by atoms with Gasteiger partial charge in [-0.15, -0.1) is 0 Å². The fourth-order valence-electron chi connectivity index (χ4n) is 2.81. The molecule has 0 aromatic heterocycles. The van der Waals surface area contributed by atoms with E-state index in [2.05, 4.69) is 12.2 Å². The Morgan fingerprint density at radius 3 is 2.48 bits per heavy atom. The molecule has 5 nitrogen and oxygen atoms in total. The SMILES string of the molecule is CC1CCCCC1NC(=O)/C(C#N)=C/c1ccc(C(=O)O)cc1. The Hall–Kier alpha value is -2.61. The molecule has 1 aromatic carbocycles. The minimum Gasteiger partial charge on any atom is -0.478 e. The zero-order valence-corrected chi connectivity index (χ0v) is 13.1. The van der Waals surface area contributed by atoms with E-state index < -0.39 is 5.97 Å². The maximum Gasteiger partial charge on any atom is 0.335 e. The van der Waals surface area contributed by atoms with Gasteiger partial charge in [-0.1, -0.05) is 31.9 Å². The monoisotopic (exact) mass is 312 g/mol. The van der Waals surface area contributed by atoms with Crippen LogP contribution in [0.3, 0.4) is 0 Å². The average Bonchev–Trinajstić information content (AvgIpc) is 2.55. The number of nitriles is 1. The third-order valence-corrected chi connectivity index (χ3v) is 4.26. The van der Waals surface area contributed by atoms with Crippen molar-refractivity contribution in [3.05, 3.63) is 41.0 Å². The molecule has 2 atom stereocenters. The lowest BCUT2D eigenvalue weighted by atomic mass is 9.86. The summed E-state index contributed by atoms with van der Waals surface area (Å²) in [6.45, 7) is 2.12. The van der Waals surface area contributed by atoms with Gasteiger partial charge in [0, 0.05) is 6.04 Å². The summed E-state index contributed by atoms with van der Waals surface area (Å²) in [4.78, 5) is 23.1. The number of nitrogens with zero attached hydrogens (tertiary/aromatic N) is 1. The van der Waals surface area contributed by atoms with Crippen LogP contribution in [0.15, 0.2) is 29.8 Å². The molecule has 1 aliphatic carbocycles. The number of hydrogen-bond acceptors (Lipinski definition) is 3. The van der Waals surface area contributed by atoms with Crippen molar-refractivity contribution >= 4 is 18.0 Å². The Labute approximate surface area is 135 Å². The van der Waals surface area contributed by atoms with Crippen molar-refractivity contribution < 1.29 is 14.7 Å². The molecule has 5 heteroatoms. The molecule has 1 saturated carbocycles. The van der Waals surface area contributed by atoms with Gasteiger partial charge in [-0.25, -0.2) is 4.79 Å². The third kappa shape index (κ3) is 4.43. The smallest absolute Gasteiger partial charge is 0.335 e. The van der Waals surface area contributed by atoms with Crippen molar-refractivity contribution in [3.63, 3.8) is 0 Å². The van der Waals surface area contributed by atoms with E-state index in [-0.39, 0.29) is 23.1 Å². The Bertz CT molecular complexity index is 656. The average molecular weight is 312 g/mol. The molecular weight excluding hydrogens is 292 g/mol. The lowest BCUT2D eigenvalue weighted by molar-refractivity contribution is -0.118. The molecule has 0 spiro atoms. The molecule has 23 heavy (non-hydrogen) atoms. The molecule has 0 heterocycles. The van der Waals surface area contributed by atoms with E-state index in [9.17, 15) is 14.9 Å². The van der Waals surface area contributed by atoms with Gasteiger partial charge in [-0.3, -0.25) is 4.79 Å². The maximum absolute atomic E-state index is 12.3. The molecule has 1 aliphatic rings. The van der Waals surface area contributed by atoms with E-state index in [4.69, 9.17) is 5.11 Å². The lowest BCUT2D eigenvalue weighted by Crippen LogP contribution is -2.41. The van der Waals surface area contributed by atoms with Crippen molar-refractivity contribution in [3.8, 4) is 6.07 Å². The number of carbonyl (C=O) groups excluding carboxylic acids is 1. The highest BCUT2D eigenvalue weighted by molar-refractivity contribution is 6.02. The first-order chi connectivity index (χ1) is 11.0. The van der Waals surface area contributed by atoms with Crippen molar-refractivity contribution in [2.45, 2.75) is 38.6 Å². The quantitative estimate of drug-likeness (QED) is 0.660. The van der Waals surface area contributed by atoms with Crippen LogP contribution in [0, 0.1) is 17.2 Å². The van der Waals surface area contributed by atoms with Gasteiger partial charge in [-0.05, 0) is 42.5 Å².